The normalized spacial score (nSPS) is 9.38. The van der Waals surface area contributed by atoms with E-state index in [2.05, 4.69) is 9.97 Å². The van der Waals surface area contributed by atoms with Crippen molar-refractivity contribution in [3.63, 3.8) is 0 Å². The quantitative estimate of drug-likeness (QED) is 0.741. The monoisotopic (exact) mass is 209 g/mol. The zero-order valence-corrected chi connectivity index (χ0v) is 8.33. The molecule has 0 saturated heterocycles. The Labute approximate surface area is 92.2 Å². The Morgan fingerprint density at radius 3 is 2.56 bits per heavy atom. The van der Waals surface area contributed by atoms with Gasteiger partial charge in [0.1, 0.15) is 12.1 Å². The van der Waals surface area contributed by atoms with Crippen molar-refractivity contribution in [3.05, 3.63) is 47.8 Å². The molecule has 16 heavy (non-hydrogen) atoms. The van der Waals surface area contributed by atoms with Crippen LogP contribution in [0.1, 0.15) is 17.0 Å². The molecular weight excluding hydrogens is 202 g/mol. The van der Waals surface area contributed by atoms with Crippen molar-refractivity contribution in [1.82, 2.24) is 14.5 Å². The lowest BCUT2D eigenvalue weighted by Crippen LogP contribution is -2.01. The van der Waals surface area contributed by atoms with E-state index in [1.54, 1.807) is 17.0 Å². The molecule has 0 atom stereocenters. The van der Waals surface area contributed by atoms with E-state index >= 15 is 0 Å². The first-order valence-electron chi connectivity index (χ1n) is 4.59. The van der Waals surface area contributed by atoms with Crippen molar-refractivity contribution in [1.29, 1.82) is 10.5 Å². The Morgan fingerprint density at radius 2 is 1.94 bits per heavy atom. The predicted octanol–water partition coefficient (Wildman–Crippen LogP) is 1.07. The molecule has 0 aliphatic carbocycles. The van der Waals surface area contributed by atoms with Crippen molar-refractivity contribution in [2.75, 3.05) is 0 Å². The summed E-state index contributed by atoms with van der Waals surface area (Å²) in [4.78, 5) is 7.77. The number of nitrogens with zero attached hydrogens (tertiary/aromatic N) is 5. The molecule has 2 rings (SSSR count). The molecule has 2 aromatic rings. The van der Waals surface area contributed by atoms with Gasteiger partial charge < -0.3 is 4.57 Å². The van der Waals surface area contributed by atoms with Crippen LogP contribution in [0.5, 0.6) is 0 Å². The topological polar surface area (TPSA) is 78.3 Å². The van der Waals surface area contributed by atoms with Crippen molar-refractivity contribution >= 4 is 0 Å². The molecule has 2 heterocycles. The molecule has 5 heteroatoms. The van der Waals surface area contributed by atoms with Gasteiger partial charge in [-0.15, -0.1) is 0 Å². The lowest BCUT2D eigenvalue weighted by Gasteiger charge is -2.02. The zero-order chi connectivity index (χ0) is 11.4. The third-order valence-corrected chi connectivity index (χ3v) is 2.15. The minimum atomic E-state index is 0.163. The second-order valence-electron chi connectivity index (χ2n) is 3.15. The molecule has 0 spiro atoms. The van der Waals surface area contributed by atoms with Gasteiger partial charge in [-0.2, -0.15) is 10.5 Å². The van der Waals surface area contributed by atoms with E-state index < -0.39 is 0 Å². The van der Waals surface area contributed by atoms with Crippen LogP contribution in [0.15, 0.2) is 30.9 Å². The maximum Gasteiger partial charge on any atom is 0.176 e. The number of imidazole rings is 1. The van der Waals surface area contributed by atoms with Crippen molar-refractivity contribution in [2.24, 2.45) is 0 Å². The maximum absolute atomic E-state index is 8.92. The van der Waals surface area contributed by atoms with Crippen LogP contribution in [0.25, 0.3) is 0 Å². The first-order chi connectivity index (χ1) is 7.85. The number of hydrogen-bond acceptors (Lipinski definition) is 4. The zero-order valence-electron chi connectivity index (χ0n) is 8.33. The third-order valence-electron chi connectivity index (χ3n) is 2.15. The highest BCUT2D eigenvalue weighted by atomic mass is 15.1. The predicted molar refractivity (Wildman–Crippen MR) is 55.0 cm³/mol. The van der Waals surface area contributed by atoms with Gasteiger partial charge in [0.25, 0.3) is 0 Å². The summed E-state index contributed by atoms with van der Waals surface area (Å²) in [6.07, 6.45) is 4.87. The third kappa shape index (κ3) is 1.75. The molecule has 76 valence electrons. The van der Waals surface area contributed by atoms with Gasteiger partial charge >= 0.3 is 0 Å². The van der Waals surface area contributed by atoms with Gasteiger partial charge in [-0.25, -0.2) is 4.98 Å². The molecule has 0 aromatic carbocycles. The molecule has 0 saturated carbocycles. The van der Waals surface area contributed by atoms with Crippen LogP contribution in [0.3, 0.4) is 0 Å². The molecule has 0 unspecified atom stereocenters. The van der Waals surface area contributed by atoms with Gasteiger partial charge in [-0.1, -0.05) is 0 Å². The van der Waals surface area contributed by atoms with E-state index in [1.165, 1.54) is 6.33 Å². The molecule has 0 fully saturated rings. The SMILES string of the molecule is N#Cc1ncn(Cc2ccncc2)c1C#N. The Bertz CT molecular complexity index is 571. The van der Waals surface area contributed by atoms with E-state index in [1.807, 2.05) is 24.3 Å². The summed E-state index contributed by atoms with van der Waals surface area (Å²) < 4.78 is 1.65. The largest absolute Gasteiger partial charge is 0.317 e. The van der Waals surface area contributed by atoms with Crippen LogP contribution in [0, 0.1) is 22.7 Å². The van der Waals surface area contributed by atoms with Crippen LogP contribution in [0.2, 0.25) is 0 Å². The average molecular weight is 209 g/mol. The van der Waals surface area contributed by atoms with E-state index in [0.717, 1.165) is 5.56 Å². The average Bonchev–Trinajstić information content (AvgIpc) is 2.72. The summed E-state index contributed by atoms with van der Waals surface area (Å²) in [5.41, 5.74) is 1.46. The fourth-order valence-corrected chi connectivity index (χ4v) is 1.39. The maximum atomic E-state index is 8.92. The van der Waals surface area contributed by atoms with Crippen molar-refractivity contribution in [2.45, 2.75) is 6.54 Å². The summed E-state index contributed by atoms with van der Waals surface area (Å²) in [6.45, 7) is 0.514. The molecule has 0 bridgehead atoms. The molecule has 0 N–H and O–H groups in total. The number of hydrogen-bond donors (Lipinski definition) is 0. The standard InChI is InChI=1S/C11H7N5/c12-5-10-11(6-13)16(8-15-10)7-9-1-3-14-4-2-9/h1-4,8H,7H2. The second kappa shape index (κ2) is 4.24. The Kier molecular flexibility index (Phi) is 2.62. The minimum absolute atomic E-state index is 0.163. The summed E-state index contributed by atoms with van der Waals surface area (Å²) in [5.74, 6) is 0. The summed E-state index contributed by atoms with van der Waals surface area (Å²) in [7, 11) is 0. The minimum Gasteiger partial charge on any atom is -0.317 e. The van der Waals surface area contributed by atoms with Crippen LogP contribution in [-0.4, -0.2) is 14.5 Å². The molecule has 5 nitrogen and oxygen atoms in total. The summed E-state index contributed by atoms with van der Waals surface area (Å²) in [6, 6.07) is 7.57. The Balaban J connectivity index is 2.34. The van der Waals surface area contributed by atoms with Gasteiger partial charge in [0.15, 0.2) is 11.4 Å². The number of rotatable bonds is 2. The van der Waals surface area contributed by atoms with Gasteiger partial charge in [0.05, 0.1) is 6.33 Å². The van der Waals surface area contributed by atoms with Crippen LogP contribution < -0.4 is 0 Å². The van der Waals surface area contributed by atoms with E-state index in [9.17, 15) is 0 Å². The highest BCUT2D eigenvalue weighted by Crippen LogP contribution is 2.08. The van der Waals surface area contributed by atoms with Gasteiger partial charge in [-0.3, -0.25) is 4.98 Å². The summed E-state index contributed by atoms with van der Waals surface area (Å²) in [5, 5.41) is 17.7. The number of nitriles is 2. The fraction of sp³-hybridized carbons (Fsp3) is 0.0909. The van der Waals surface area contributed by atoms with Gasteiger partial charge in [0.2, 0.25) is 0 Å². The van der Waals surface area contributed by atoms with Gasteiger partial charge in [0, 0.05) is 18.9 Å². The fourth-order valence-electron chi connectivity index (χ4n) is 1.39. The second-order valence-corrected chi connectivity index (χ2v) is 3.15. The molecule has 0 aliphatic heterocycles. The van der Waals surface area contributed by atoms with Crippen molar-refractivity contribution in [3.8, 4) is 12.1 Å². The van der Waals surface area contributed by atoms with E-state index in [-0.39, 0.29) is 5.69 Å². The van der Waals surface area contributed by atoms with Crippen LogP contribution in [0.4, 0.5) is 0 Å². The Morgan fingerprint density at radius 1 is 1.19 bits per heavy atom. The lowest BCUT2D eigenvalue weighted by atomic mass is 10.2. The van der Waals surface area contributed by atoms with Crippen LogP contribution in [-0.2, 0) is 6.54 Å². The van der Waals surface area contributed by atoms with Crippen molar-refractivity contribution < 1.29 is 0 Å². The summed E-state index contributed by atoms with van der Waals surface area (Å²) >= 11 is 0. The first-order valence-corrected chi connectivity index (χ1v) is 4.59. The highest BCUT2D eigenvalue weighted by Gasteiger charge is 2.09. The Hall–Kier alpha value is -2.66. The lowest BCUT2D eigenvalue weighted by molar-refractivity contribution is 0.784. The van der Waals surface area contributed by atoms with Gasteiger partial charge in [-0.05, 0) is 17.7 Å². The molecule has 0 amide bonds. The van der Waals surface area contributed by atoms with E-state index in [4.69, 9.17) is 10.5 Å². The number of aromatic nitrogens is 3. The highest BCUT2D eigenvalue weighted by molar-refractivity contribution is 5.36. The van der Waals surface area contributed by atoms with E-state index in [0.29, 0.717) is 12.2 Å². The molecule has 0 aliphatic rings. The molecular formula is C11H7N5. The molecule has 2 aromatic heterocycles. The number of pyridine rings is 1. The first kappa shape index (κ1) is 9.88. The van der Waals surface area contributed by atoms with Crippen LogP contribution >= 0.6 is 0 Å². The smallest absolute Gasteiger partial charge is 0.176 e. The molecule has 0 radical (unpaired) electrons.